The van der Waals surface area contributed by atoms with Crippen LogP contribution in [0.15, 0.2) is 48.5 Å². The predicted molar refractivity (Wildman–Crippen MR) is 102 cm³/mol. The maximum Gasteiger partial charge on any atom is 0.309 e. The number of hydrogen-bond acceptors (Lipinski definition) is 5. The van der Waals surface area contributed by atoms with Crippen molar-refractivity contribution in [3.05, 3.63) is 54.1 Å². The van der Waals surface area contributed by atoms with Crippen molar-refractivity contribution >= 4 is 23.3 Å². The van der Waals surface area contributed by atoms with Gasteiger partial charge in [-0.05, 0) is 43.3 Å². The van der Waals surface area contributed by atoms with Crippen LogP contribution in [0.3, 0.4) is 0 Å². The molecular formula is C20H24N2O4. The average molecular weight is 356 g/mol. The molecule has 0 spiro atoms. The van der Waals surface area contributed by atoms with Gasteiger partial charge in [-0.2, -0.15) is 0 Å². The zero-order valence-corrected chi connectivity index (χ0v) is 15.3. The molecule has 138 valence electrons. The molecule has 2 aromatic carbocycles. The van der Waals surface area contributed by atoms with Crippen molar-refractivity contribution in [3.63, 3.8) is 0 Å². The first-order valence-corrected chi connectivity index (χ1v) is 8.36. The summed E-state index contributed by atoms with van der Waals surface area (Å²) in [4.78, 5) is 25.5. The Labute approximate surface area is 153 Å². The Balaban J connectivity index is 1.66. The van der Waals surface area contributed by atoms with Crippen LogP contribution in [0.25, 0.3) is 0 Å². The second kappa shape index (κ2) is 9.46. The summed E-state index contributed by atoms with van der Waals surface area (Å²) in [5, 5.41) is 2.68. The van der Waals surface area contributed by atoms with Crippen LogP contribution in [-0.4, -0.2) is 39.2 Å². The third-order valence-corrected chi connectivity index (χ3v) is 3.63. The van der Waals surface area contributed by atoms with Gasteiger partial charge in [0.15, 0.2) is 6.61 Å². The number of esters is 1. The third-order valence-electron chi connectivity index (χ3n) is 3.63. The standard InChI is InChI=1S/C20H24N2O4/c1-15-4-10-18(11-5-15)25-13-12-20(24)26-14-19(23)21-16-6-8-17(9-7-16)22(2)3/h4-11H,12-14H2,1-3H3,(H,21,23). The number of nitrogens with zero attached hydrogens (tertiary/aromatic N) is 1. The number of anilines is 2. The average Bonchev–Trinajstić information content (AvgIpc) is 2.62. The molecule has 2 aromatic rings. The van der Waals surface area contributed by atoms with Gasteiger partial charge in [-0.1, -0.05) is 17.7 Å². The molecule has 0 aromatic heterocycles. The maximum atomic E-state index is 11.8. The Morgan fingerprint density at radius 2 is 1.65 bits per heavy atom. The molecule has 0 saturated carbocycles. The number of rotatable bonds is 8. The number of aryl methyl sites for hydroxylation is 1. The SMILES string of the molecule is Cc1ccc(OCCC(=O)OCC(=O)Nc2ccc(N(C)C)cc2)cc1. The van der Waals surface area contributed by atoms with Crippen LogP contribution in [0.1, 0.15) is 12.0 Å². The summed E-state index contributed by atoms with van der Waals surface area (Å²) < 4.78 is 10.4. The molecule has 1 amide bonds. The van der Waals surface area contributed by atoms with Crippen molar-refractivity contribution in [2.24, 2.45) is 0 Å². The lowest BCUT2D eigenvalue weighted by molar-refractivity contribution is -0.147. The number of nitrogens with one attached hydrogen (secondary N) is 1. The van der Waals surface area contributed by atoms with Crippen LogP contribution < -0.4 is 15.0 Å². The van der Waals surface area contributed by atoms with E-state index < -0.39 is 5.97 Å². The van der Waals surface area contributed by atoms with Crippen molar-refractivity contribution in [1.82, 2.24) is 0 Å². The maximum absolute atomic E-state index is 11.8. The molecular weight excluding hydrogens is 332 g/mol. The van der Waals surface area contributed by atoms with Crippen molar-refractivity contribution in [1.29, 1.82) is 0 Å². The van der Waals surface area contributed by atoms with Crippen molar-refractivity contribution in [2.45, 2.75) is 13.3 Å². The van der Waals surface area contributed by atoms with Gasteiger partial charge < -0.3 is 19.7 Å². The first-order chi connectivity index (χ1) is 12.4. The molecule has 0 aliphatic heterocycles. The highest BCUT2D eigenvalue weighted by atomic mass is 16.5. The molecule has 6 nitrogen and oxygen atoms in total. The lowest BCUT2D eigenvalue weighted by Crippen LogP contribution is -2.21. The summed E-state index contributed by atoms with van der Waals surface area (Å²) in [6.07, 6.45) is 0.0820. The molecule has 0 unspecified atom stereocenters. The minimum atomic E-state index is -0.477. The number of ether oxygens (including phenoxy) is 2. The van der Waals surface area contributed by atoms with E-state index >= 15 is 0 Å². The second-order valence-corrected chi connectivity index (χ2v) is 6.06. The van der Waals surface area contributed by atoms with E-state index in [9.17, 15) is 9.59 Å². The fourth-order valence-electron chi connectivity index (χ4n) is 2.14. The monoisotopic (exact) mass is 356 g/mol. The van der Waals surface area contributed by atoms with E-state index in [-0.39, 0.29) is 25.5 Å². The minimum Gasteiger partial charge on any atom is -0.493 e. The summed E-state index contributed by atoms with van der Waals surface area (Å²) in [6.45, 7) is 1.87. The molecule has 26 heavy (non-hydrogen) atoms. The second-order valence-electron chi connectivity index (χ2n) is 6.06. The highest BCUT2D eigenvalue weighted by molar-refractivity contribution is 5.92. The first-order valence-electron chi connectivity index (χ1n) is 8.36. The van der Waals surface area contributed by atoms with Crippen LogP contribution in [0.2, 0.25) is 0 Å². The summed E-state index contributed by atoms with van der Waals surface area (Å²) >= 11 is 0. The lowest BCUT2D eigenvalue weighted by Gasteiger charge is -2.13. The molecule has 0 fully saturated rings. The molecule has 6 heteroatoms. The predicted octanol–water partition coefficient (Wildman–Crippen LogP) is 3.01. The quantitative estimate of drug-likeness (QED) is 0.737. The molecule has 0 bridgehead atoms. The van der Waals surface area contributed by atoms with Gasteiger partial charge in [-0.15, -0.1) is 0 Å². The fourth-order valence-corrected chi connectivity index (χ4v) is 2.14. The van der Waals surface area contributed by atoms with Gasteiger partial charge in [-0.25, -0.2) is 0 Å². The Hall–Kier alpha value is -3.02. The van der Waals surface area contributed by atoms with Gasteiger partial charge in [0.2, 0.25) is 0 Å². The van der Waals surface area contributed by atoms with Gasteiger partial charge >= 0.3 is 5.97 Å². The summed E-state index contributed by atoms with van der Waals surface area (Å²) in [7, 11) is 3.88. The molecule has 0 saturated heterocycles. The fraction of sp³-hybridized carbons (Fsp3) is 0.300. The van der Waals surface area contributed by atoms with Gasteiger partial charge in [-0.3, -0.25) is 9.59 Å². The van der Waals surface area contributed by atoms with E-state index in [1.807, 2.05) is 62.3 Å². The van der Waals surface area contributed by atoms with Crippen molar-refractivity contribution in [3.8, 4) is 5.75 Å². The first kappa shape index (κ1) is 19.3. The Kier molecular flexibility index (Phi) is 7.02. The third kappa shape index (κ3) is 6.47. The van der Waals surface area contributed by atoms with Crippen molar-refractivity contribution in [2.75, 3.05) is 37.5 Å². The molecule has 0 atom stereocenters. The van der Waals surface area contributed by atoms with Gasteiger partial charge in [0.25, 0.3) is 5.91 Å². The van der Waals surface area contributed by atoms with Crippen LogP contribution in [0, 0.1) is 6.92 Å². The number of carbonyl (C=O) groups is 2. The van der Waals surface area contributed by atoms with Gasteiger partial charge in [0.05, 0.1) is 13.0 Å². The summed E-state index contributed by atoms with van der Waals surface area (Å²) in [6, 6.07) is 14.9. The Morgan fingerprint density at radius 1 is 1.00 bits per heavy atom. The molecule has 0 heterocycles. The van der Waals surface area contributed by atoms with Crippen molar-refractivity contribution < 1.29 is 19.1 Å². The zero-order valence-electron chi connectivity index (χ0n) is 15.3. The largest absolute Gasteiger partial charge is 0.493 e. The Bertz CT molecular complexity index is 724. The Morgan fingerprint density at radius 3 is 2.27 bits per heavy atom. The number of amides is 1. The molecule has 1 N–H and O–H groups in total. The normalized spacial score (nSPS) is 10.1. The topological polar surface area (TPSA) is 67.9 Å². The summed E-state index contributed by atoms with van der Waals surface area (Å²) in [5.74, 6) is -0.159. The van der Waals surface area contributed by atoms with Gasteiger partial charge in [0, 0.05) is 25.5 Å². The zero-order chi connectivity index (χ0) is 18.9. The van der Waals surface area contributed by atoms with Crippen LogP contribution >= 0.6 is 0 Å². The molecule has 0 radical (unpaired) electrons. The van der Waals surface area contributed by atoms with E-state index in [4.69, 9.17) is 9.47 Å². The number of benzene rings is 2. The highest BCUT2D eigenvalue weighted by Gasteiger charge is 2.08. The number of carbonyl (C=O) groups excluding carboxylic acids is 2. The van der Waals surface area contributed by atoms with E-state index in [2.05, 4.69) is 5.32 Å². The molecule has 0 aliphatic carbocycles. The molecule has 2 rings (SSSR count). The van der Waals surface area contributed by atoms with E-state index in [1.54, 1.807) is 12.1 Å². The van der Waals surface area contributed by atoms with Crippen LogP contribution in [0.5, 0.6) is 5.75 Å². The lowest BCUT2D eigenvalue weighted by atomic mass is 10.2. The molecule has 0 aliphatic rings. The van der Waals surface area contributed by atoms with Crippen LogP contribution in [0.4, 0.5) is 11.4 Å². The van der Waals surface area contributed by atoms with Gasteiger partial charge in [0.1, 0.15) is 5.75 Å². The smallest absolute Gasteiger partial charge is 0.309 e. The minimum absolute atomic E-state index is 0.0820. The van der Waals surface area contributed by atoms with E-state index in [1.165, 1.54) is 0 Å². The highest BCUT2D eigenvalue weighted by Crippen LogP contribution is 2.15. The summed E-state index contributed by atoms with van der Waals surface area (Å²) in [5.41, 5.74) is 2.82. The van der Waals surface area contributed by atoms with E-state index in [0.717, 1.165) is 11.3 Å². The number of hydrogen-bond donors (Lipinski definition) is 1. The van der Waals surface area contributed by atoms with Crippen LogP contribution in [-0.2, 0) is 14.3 Å². The van der Waals surface area contributed by atoms with E-state index in [0.29, 0.717) is 11.4 Å².